The Hall–Kier alpha value is -0.0800. The minimum absolute atomic E-state index is 0.745. The summed E-state index contributed by atoms with van der Waals surface area (Å²) in [5, 5.41) is 3.44. The Balaban J connectivity index is 1.84. The summed E-state index contributed by atoms with van der Waals surface area (Å²) >= 11 is 0. The zero-order chi connectivity index (χ0) is 10.8. The number of likely N-dealkylation sites (tertiary alicyclic amines) is 1. The molecule has 1 aliphatic heterocycles. The van der Waals surface area contributed by atoms with E-state index >= 15 is 0 Å². The Morgan fingerprint density at radius 3 is 2.47 bits per heavy atom. The van der Waals surface area contributed by atoms with Gasteiger partial charge in [0.15, 0.2) is 0 Å². The fourth-order valence-corrected chi connectivity index (χ4v) is 3.20. The Kier molecular flexibility index (Phi) is 3.68. The molecule has 1 saturated heterocycles. The van der Waals surface area contributed by atoms with E-state index in [1.54, 1.807) is 0 Å². The van der Waals surface area contributed by atoms with Gasteiger partial charge in [-0.3, -0.25) is 0 Å². The van der Waals surface area contributed by atoms with Crippen LogP contribution < -0.4 is 5.32 Å². The van der Waals surface area contributed by atoms with Crippen LogP contribution in [0.25, 0.3) is 0 Å². The van der Waals surface area contributed by atoms with Crippen LogP contribution in [0.1, 0.15) is 39.5 Å². The molecule has 15 heavy (non-hydrogen) atoms. The van der Waals surface area contributed by atoms with E-state index in [0.717, 1.165) is 23.9 Å². The maximum atomic E-state index is 3.44. The fourth-order valence-electron chi connectivity index (χ4n) is 3.20. The molecule has 2 aliphatic rings. The number of rotatable bonds is 3. The van der Waals surface area contributed by atoms with Gasteiger partial charge in [-0.25, -0.2) is 0 Å². The highest BCUT2D eigenvalue weighted by molar-refractivity contribution is 4.88. The second kappa shape index (κ2) is 4.84. The van der Waals surface area contributed by atoms with E-state index in [1.165, 1.54) is 38.8 Å². The van der Waals surface area contributed by atoms with Crippen LogP contribution in [0, 0.1) is 11.8 Å². The fraction of sp³-hybridized carbons (Fsp3) is 1.00. The molecule has 0 spiro atoms. The highest BCUT2D eigenvalue weighted by Gasteiger charge is 2.32. The molecule has 1 saturated carbocycles. The molecule has 1 N–H and O–H groups in total. The molecule has 2 heteroatoms. The minimum Gasteiger partial charge on any atom is -0.317 e. The minimum atomic E-state index is 0.745. The van der Waals surface area contributed by atoms with Gasteiger partial charge in [-0.1, -0.05) is 13.3 Å². The van der Waals surface area contributed by atoms with Gasteiger partial charge in [0, 0.05) is 18.6 Å². The van der Waals surface area contributed by atoms with E-state index in [4.69, 9.17) is 0 Å². The smallest absolute Gasteiger partial charge is 0.0114 e. The lowest BCUT2D eigenvalue weighted by atomic mass is 9.78. The Morgan fingerprint density at radius 2 is 2.00 bits per heavy atom. The molecule has 88 valence electrons. The summed E-state index contributed by atoms with van der Waals surface area (Å²) in [7, 11) is 2.10. The first-order valence-electron chi connectivity index (χ1n) is 6.63. The van der Waals surface area contributed by atoms with E-state index in [1.807, 2.05) is 0 Å². The van der Waals surface area contributed by atoms with Crippen molar-refractivity contribution in [2.45, 2.75) is 51.6 Å². The molecule has 0 aromatic carbocycles. The molecule has 2 rings (SSSR count). The van der Waals surface area contributed by atoms with E-state index < -0.39 is 0 Å². The predicted octanol–water partition coefficient (Wildman–Crippen LogP) is 2.10. The lowest BCUT2D eigenvalue weighted by molar-refractivity contribution is 0.0583. The molecule has 0 bridgehead atoms. The van der Waals surface area contributed by atoms with Gasteiger partial charge in [-0.2, -0.15) is 0 Å². The number of nitrogens with one attached hydrogen (secondary N) is 1. The topological polar surface area (TPSA) is 15.3 Å². The molecule has 3 atom stereocenters. The van der Waals surface area contributed by atoms with Crippen molar-refractivity contribution < 1.29 is 0 Å². The summed E-state index contributed by atoms with van der Waals surface area (Å²) in [6, 6.07) is 1.58. The van der Waals surface area contributed by atoms with Crippen LogP contribution in [0.2, 0.25) is 0 Å². The van der Waals surface area contributed by atoms with E-state index in [9.17, 15) is 0 Å². The summed E-state index contributed by atoms with van der Waals surface area (Å²) < 4.78 is 0. The third-order valence-corrected chi connectivity index (χ3v) is 4.72. The van der Waals surface area contributed by atoms with Crippen molar-refractivity contribution >= 4 is 0 Å². The van der Waals surface area contributed by atoms with Crippen molar-refractivity contribution in [3.63, 3.8) is 0 Å². The van der Waals surface area contributed by atoms with Crippen LogP contribution in [0.3, 0.4) is 0 Å². The SMILES string of the molecule is CNC1CCN(C(C)C2CCC2)CC1C. The van der Waals surface area contributed by atoms with Gasteiger partial charge in [0.05, 0.1) is 0 Å². The van der Waals surface area contributed by atoms with Gasteiger partial charge in [-0.15, -0.1) is 0 Å². The van der Waals surface area contributed by atoms with Crippen molar-refractivity contribution in [1.82, 2.24) is 10.2 Å². The summed E-state index contributed by atoms with van der Waals surface area (Å²) in [6.45, 7) is 7.42. The van der Waals surface area contributed by atoms with Gasteiger partial charge in [0.1, 0.15) is 0 Å². The second-order valence-electron chi connectivity index (χ2n) is 5.59. The third-order valence-electron chi connectivity index (χ3n) is 4.72. The predicted molar refractivity (Wildman–Crippen MR) is 65.0 cm³/mol. The van der Waals surface area contributed by atoms with Crippen LogP contribution in [-0.4, -0.2) is 37.1 Å². The van der Waals surface area contributed by atoms with Gasteiger partial charge in [-0.05, 0) is 51.6 Å². The van der Waals surface area contributed by atoms with Crippen molar-refractivity contribution in [3.05, 3.63) is 0 Å². The lowest BCUT2D eigenvalue weighted by Crippen LogP contribution is -2.52. The van der Waals surface area contributed by atoms with Crippen molar-refractivity contribution in [2.24, 2.45) is 11.8 Å². The normalized spacial score (nSPS) is 36.2. The Bertz CT molecular complexity index is 201. The molecular formula is C13H26N2. The Labute approximate surface area is 94.4 Å². The molecule has 1 heterocycles. The molecular weight excluding hydrogens is 184 g/mol. The van der Waals surface area contributed by atoms with Gasteiger partial charge >= 0.3 is 0 Å². The zero-order valence-electron chi connectivity index (χ0n) is 10.5. The van der Waals surface area contributed by atoms with Crippen molar-refractivity contribution in [2.75, 3.05) is 20.1 Å². The summed E-state index contributed by atoms with van der Waals surface area (Å²) in [4.78, 5) is 2.72. The van der Waals surface area contributed by atoms with Crippen LogP contribution >= 0.6 is 0 Å². The summed E-state index contributed by atoms with van der Waals surface area (Å²) in [5.74, 6) is 1.81. The zero-order valence-corrected chi connectivity index (χ0v) is 10.5. The average Bonchev–Trinajstić information content (AvgIpc) is 2.15. The number of nitrogens with zero attached hydrogens (tertiary/aromatic N) is 1. The number of hydrogen-bond donors (Lipinski definition) is 1. The summed E-state index contributed by atoms with van der Waals surface area (Å²) in [6.07, 6.45) is 5.75. The van der Waals surface area contributed by atoms with E-state index in [0.29, 0.717) is 0 Å². The number of hydrogen-bond acceptors (Lipinski definition) is 2. The standard InChI is InChI=1S/C13H26N2/c1-10-9-15(8-7-13(10)14-3)11(2)12-5-4-6-12/h10-14H,4-9H2,1-3H3. The van der Waals surface area contributed by atoms with Crippen LogP contribution in [-0.2, 0) is 0 Å². The van der Waals surface area contributed by atoms with Gasteiger partial charge < -0.3 is 10.2 Å². The lowest BCUT2D eigenvalue weighted by Gasteiger charge is -2.44. The quantitative estimate of drug-likeness (QED) is 0.767. The average molecular weight is 210 g/mol. The molecule has 3 unspecified atom stereocenters. The van der Waals surface area contributed by atoms with Crippen LogP contribution in [0.5, 0.6) is 0 Å². The number of piperidine rings is 1. The first-order valence-corrected chi connectivity index (χ1v) is 6.63. The third kappa shape index (κ3) is 2.36. The van der Waals surface area contributed by atoms with E-state index in [2.05, 4.69) is 31.1 Å². The molecule has 0 amide bonds. The molecule has 2 nitrogen and oxygen atoms in total. The maximum Gasteiger partial charge on any atom is 0.0114 e. The molecule has 0 aromatic heterocycles. The molecule has 0 aromatic rings. The van der Waals surface area contributed by atoms with Crippen LogP contribution in [0.4, 0.5) is 0 Å². The monoisotopic (exact) mass is 210 g/mol. The van der Waals surface area contributed by atoms with Crippen molar-refractivity contribution in [3.8, 4) is 0 Å². The molecule has 2 fully saturated rings. The second-order valence-corrected chi connectivity index (χ2v) is 5.59. The first-order chi connectivity index (χ1) is 7.22. The summed E-state index contributed by atoms with van der Waals surface area (Å²) in [5.41, 5.74) is 0. The maximum absolute atomic E-state index is 3.44. The highest BCUT2D eigenvalue weighted by atomic mass is 15.2. The largest absolute Gasteiger partial charge is 0.317 e. The van der Waals surface area contributed by atoms with Crippen molar-refractivity contribution in [1.29, 1.82) is 0 Å². The van der Waals surface area contributed by atoms with Gasteiger partial charge in [0.2, 0.25) is 0 Å². The van der Waals surface area contributed by atoms with Crippen LogP contribution in [0.15, 0.2) is 0 Å². The molecule has 0 radical (unpaired) electrons. The first kappa shape index (κ1) is 11.4. The van der Waals surface area contributed by atoms with Gasteiger partial charge in [0.25, 0.3) is 0 Å². The molecule has 1 aliphatic carbocycles. The van der Waals surface area contributed by atoms with E-state index in [-0.39, 0.29) is 0 Å². The highest BCUT2D eigenvalue weighted by Crippen LogP contribution is 2.33. The Morgan fingerprint density at radius 1 is 1.27 bits per heavy atom.